The molecule has 1 fully saturated rings. The van der Waals surface area contributed by atoms with Gasteiger partial charge in [0.05, 0.1) is 14.2 Å². The van der Waals surface area contributed by atoms with Crippen LogP contribution < -0.4 is 25.0 Å². The highest BCUT2D eigenvalue weighted by atomic mass is 16.5. The van der Waals surface area contributed by atoms with Crippen molar-refractivity contribution >= 4 is 11.6 Å². The van der Waals surface area contributed by atoms with Gasteiger partial charge in [0.25, 0.3) is 0 Å². The molecule has 0 bridgehead atoms. The molecule has 0 amide bonds. The van der Waals surface area contributed by atoms with Crippen molar-refractivity contribution in [2.45, 2.75) is 38.1 Å². The summed E-state index contributed by atoms with van der Waals surface area (Å²) in [7, 11) is 5.22. The molecule has 2 N–H and O–H groups in total. The molecule has 0 saturated carbocycles. The summed E-state index contributed by atoms with van der Waals surface area (Å²) >= 11 is 0. The van der Waals surface area contributed by atoms with Gasteiger partial charge in [0.2, 0.25) is 0 Å². The molecule has 1 heterocycles. The maximum atomic E-state index is 5.42. The lowest BCUT2D eigenvalue weighted by molar-refractivity contribution is 0.393. The van der Waals surface area contributed by atoms with Crippen molar-refractivity contribution in [3.63, 3.8) is 0 Å². The Bertz CT molecular complexity index is 810. The Kier molecular flexibility index (Phi) is 8.44. The van der Waals surface area contributed by atoms with E-state index in [0.717, 1.165) is 62.0 Å². The fraction of sp³-hybridized carbons (Fsp3) is 0.480. The van der Waals surface area contributed by atoms with E-state index >= 15 is 0 Å². The fourth-order valence-electron chi connectivity index (χ4n) is 4.09. The van der Waals surface area contributed by atoms with Crippen LogP contribution in [0.5, 0.6) is 11.5 Å². The Morgan fingerprint density at radius 3 is 2.26 bits per heavy atom. The fourth-order valence-corrected chi connectivity index (χ4v) is 4.09. The smallest absolute Gasteiger partial charge is 0.191 e. The molecule has 3 rings (SSSR count). The first-order chi connectivity index (χ1) is 15.2. The van der Waals surface area contributed by atoms with Gasteiger partial charge in [-0.15, -0.1) is 0 Å². The average molecular weight is 425 g/mol. The second kappa shape index (κ2) is 11.5. The summed E-state index contributed by atoms with van der Waals surface area (Å²) in [6, 6.07) is 17.2. The molecule has 31 heavy (non-hydrogen) atoms. The van der Waals surface area contributed by atoms with Crippen molar-refractivity contribution in [3.8, 4) is 11.5 Å². The van der Waals surface area contributed by atoms with Crippen LogP contribution in [0.25, 0.3) is 0 Å². The Morgan fingerprint density at radius 1 is 1.06 bits per heavy atom. The summed E-state index contributed by atoms with van der Waals surface area (Å²) < 4.78 is 10.8. The van der Waals surface area contributed by atoms with Crippen LogP contribution in [0, 0.1) is 0 Å². The van der Waals surface area contributed by atoms with Crippen molar-refractivity contribution in [3.05, 3.63) is 54.1 Å². The molecular weight excluding hydrogens is 388 g/mol. The van der Waals surface area contributed by atoms with Gasteiger partial charge in [0.1, 0.15) is 11.5 Å². The van der Waals surface area contributed by atoms with Gasteiger partial charge in [-0.05, 0) is 24.8 Å². The third-order valence-corrected chi connectivity index (χ3v) is 6.04. The first-order valence-electron chi connectivity index (χ1n) is 11.2. The minimum atomic E-state index is 0.409. The molecule has 6 nitrogen and oxygen atoms in total. The molecule has 0 spiro atoms. The molecule has 6 heteroatoms. The van der Waals surface area contributed by atoms with Crippen molar-refractivity contribution in [2.24, 2.45) is 4.99 Å². The van der Waals surface area contributed by atoms with Crippen LogP contribution in [0.3, 0.4) is 0 Å². The standard InChI is InChI=1S/C25H36N4O2/c1-5-19(20-9-7-6-8-10-20)18-27-25(26-2)28-21-11-13-29(14-12-21)22-15-23(30-3)17-24(16-22)31-4/h6-10,15-17,19,21H,5,11-14,18H2,1-4H3,(H2,26,27,28). The zero-order chi connectivity index (χ0) is 22.1. The van der Waals surface area contributed by atoms with Crippen LogP contribution in [0.15, 0.2) is 53.5 Å². The molecule has 1 aliphatic rings. The minimum Gasteiger partial charge on any atom is -0.497 e. The predicted octanol–water partition coefficient (Wildman–Crippen LogP) is 4.03. The van der Waals surface area contributed by atoms with Gasteiger partial charge in [-0.2, -0.15) is 0 Å². The van der Waals surface area contributed by atoms with Crippen molar-refractivity contribution in [1.29, 1.82) is 0 Å². The quantitative estimate of drug-likeness (QED) is 0.495. The van der Waals surface area contributed by atoms with Crippen molar-refractivity contribution < 1.29 is 9.47 Å². The van der Waals surface area contributed by atoms with E-state index in [2.05, 4.69) is 69.9 Å². The number of methoxy groups -OCH3 is 2. The predicted molar refractivity (Wildman–Crippen MR) is 129 cm³/mol. The number of benzene rings is 2. The lowest BCUT2D eigenvalue weighted by Crippen LogP contribution is -2.49. The molecule has 1 atom stereocenters. The molecule has 2 aromatic rings. The number of anilines is 1. The Morgan fingerprint density at radius 2 is 1.71 bits per heavy atom. The third kappa shape index (κ3) is 6.29. The number of nitrogens with one attached hydrogen (secondary N) is 2. The number of hydrogen-bond donors (Lipinski definition) is 2. The number of hydrogen-bond acceptors (Lipinski definition) is 4. The van der Waals surface area contributed by atoms with Gasteiger partial charge in [-0.1, -0.05) is 37.3 Å². The van der Waals surface area contributed by atoms with Gasteiger partial charge < -0.3 is 25.0 Å². The topological polar surface area (TPSA) is 58.1 Å². The molecule has 1 saturated heterocycles. The zero-order valence-electron chi connectivity index (χ0n) is 19.2. The first-order valence-corrected chi connectivity index (χ1v) is 11.2. The van der Waals surface area contributed by atoms with E-state index < -0.39 is 0 Å². The van der Waals surface area contributed by atoms with Crippen LogP contribution in [0.4, 0.5) is 5.69 Å². The summed E-state index contributed by atoms with van der Waals surface area (Å²) in [5.74, 6) is 3.01. The third-order valence-electron chi connectivity index (χ3n) is 6.04. The van der Waals surface area contributed by atoms with Gasteiger partial charge >= 0.3 is 0 Å². The number of nitrogens with zero attached hydrogens (tertiary/aromatic N) is 2. The van der Waals surface area contributed by atoms with E-state index in [1.165, 1.54) is 5.56 Å². The molecule has 0 radical (unpaired) electrons. The van der Waals surface area contributed by atoms with E-state index in [0.29, 0.717) is 12.0 Å². The average Bonchev–Trinajstić information content (AvgIpc) is 2.84. The maximum absolute atomic E-state index is 5.42. The Labute approximate surface area is 186 Å². The Hall–Kier alpha value is -2.89. The molecule has 0 aliphatic carbocycles. The van der Waals surface area contributed by atoms with E-state index in [4.69, 9.17) is 9.47 Å². The van der Waals surface area contributed by atoms with E-state index in [1.807, 2.05) is 13.1 Å². The highest BCUT2D eigenvalue weighted by molar-refractivity contribution is 5.80. The van der Waals surface area contributed by atoms with Gasteiger partial charge in [0, 0.05) is 62.5 Å². The largest absolute Gasteiger partial charge is 0.497 e. The van der Waals surface area contributed by atoms with Gasteiger partial charge in [-0.3, -0.25) is 4.99 Å². The lowest BCUT2D eigenvalue weighted by atomic mass is 9.96. The van der Waals surface area contributed by atoms with Gasteiger partial charge in [0.15, 0.2) is 5.96 Å². The SMILES string of the molecule is CCC(CNC(=NC)NC1CCN(c2cc(OC)cc(OC)c2)CC1)c1ccccc1. The summed E-state index contributed by atoms with van der Waals surface area (Å²) in [6.07, 6.45) is 3.20. The highest BCUT2D eigenvalue weighted by Gasteiger charge is 2.21. The van der Waals surface area contributed by atoms with Crippen LogP contribution in [0.1, 0.15) is 37.7 Å². The van der Waals surface area contributed by atoms with E-state index in [-0.39, 0.29) is 0 Å². The van der Waals surface area contributed by atoms with Crippen LogP contribution in [0.2, 0.25) is 0 Å². The number of ether oxygens (including phenoxy) is 2. The van der Waals surface area contributed by atoms with Crippen molar-refractivity contribution in [1.82, 2.24) is 10.6 Å². The lowest BCUT2D eigenvalue weighted by Gasteiger charge is -2.35. The number of guanidine groups is 1. The number of rotatable bonds is 8. The minimum absolute atomic E-state index is 0.409. The number of piperidine rings is 1. The molecule has 168 valence electrons. The monoisotopic (exact) mass is 424 g/mol. The summed E-state index contributed by atoms with van der Waals surface area (Å²) in [4.78, 5) is 6.84. The second-order valence-corrected chi connectivity index (χ2v) is 7.95. The molecule has 2 aromatic carbocycles. The van der Waals surface area contributed by atoms with Crippen molar-refractivity contribution in [2.75, 3.05) is 45.8 Å². The molecular formula is C25H36N4O2. The Balaban J connectivity index is 1.51. The van der Waals surface area contributed by atoms with Crippen LogP contribution in [-0.4, -0.2) is 52.9 Å². The summed E-state index contributed by atoms with van der Waals surface area (Å²) in [6.45, 7) is 5.07. The normalized spacial score (nSPS) is 16.0. The first kappa shape index (κ1) is 22.8. The zero-order valence-corrected chi connectivity index (χ0v) is 19.2. The molecule has 1 unspecified atom stereocenters. The van der Waals surface area contributed by atoms with Gasteiger partial charge in [-0.25, -0.2) is 0 Å². The molecule has 1 aliphatic heterocycles. The van der Waals surface area contributed by atoms with Crippen LogP contribution in [-0.2, 0) is 0 Å². The number of aliphatic imine (C=N–C) groups is 1. The summed E-state index contributed by atoms with van der Waals surface area (Å²) in [5, 5.41) is 7.15. The highest BCUT2D eigenvalue weighted by Crippen LogP contribution is 2.30. The summed E-state index contributed by atoms with van der Waals surface area (Å²) in [5.41, 5.74) is 2.51. The maximum Gasteiger partial charge on any atom is 0.191 e. The van der Waals surface area contributed by atoms with Crippen LogP contribution >= 0.6 is 0 Å². The van der Waals surface area contributed by atoms with E-state index in [1.54, 1.807) is 14.2 Å². The second-order valence-electron chi connectivity index (χ2n) is 7.95. The molecule has 0 aromatic heterocycles. The van der Waals surface area contributed by atoms with E-state index in [9.17, 15) is 0 Å².